The van der Waals surface area contributed by atoms with Gasteiger partial charge in [-0.05, 0) is 75.3 Å². The van der Waals surface area contributed by atoms with E-state index in [1.54, 1.807) is 0 Å². The van der Waals surface area contributed by atoms with Gasteiger partial charge in [0.25, 0.3) is 0 Å². The summed E-state index contributed by atoms with van der Waals surface area (Å²) in [6.45, 7) is 8.62. The fourth-order valence-corrected chi connectivity index (χ4v) is 4.39. The average molecular weight is 383 g/mol. The molecular formula is C25H36NO2+. The number of likely N-dealkylation sites (N-methyl/N-ethyl adjacent to an activating group) is 1. The fourth-order valence-electron chi connectivity index (χ4n) is 4.39. The van der Waals surface area contributed by atoms with E-state index >= 15 is 0 Å². The van der Waals surface area contributed by atoms with Crippen LogP contribution in [0.1, 0.15) is 50.2 Å². The standard InChI is InChI=1S/C25H35NO2/c1-4-26(23-8-6-5-7-9-23)17-24(27)18-28-25-15-14-22(16-20(25)3)21-12-10-19(2)11-13-21/h10-16,23-24,27H,4-9,17-18H2,1-3H3/p+1/t24-/m0/s1. The lowest BCUT2D eigenvalue weighted by Gasteiger charge is -2.31. The van der Waals surface area contributed by atoms with E-state index in [0.717, 1.165) is 24.4 Å². The van der Waals surface area contributed by atoms with Crippen molar-refractivity contribution < 1.29 is 14.7 Å². The minimum absolute atomic E-state index is 0.362. The van der Waals surface area contributed by atoms with E-state index in [0.29, 0.717) is 12.6 Å². The molecule has 0 spiro atoms. The summed E-state index contributed by atoms with van der Waals surface area (Å²) in [4.78, 5) is 1.53. The molecule has 2 atom stereocenters. The summed E-state index contributed by atoms with van der Waals surface area (Å²) in [6, 6.07) is 15.6. The van der Waals surface area contributed by atoms with Crippen LogP contribution in [0.3, 0.4) is 0 Å². The highest BCUT2D eigenvalue weighted by atomic mass is 16.5. The van der Waals surface area contributed by atoms with Gasteiger partial charge in [0.2, 0.25) is 0 Å². The summed E-state index contributed by atoms with van der Waals surface area (Å²) in [6.07, 6.45) is 6.23. The van der Waals surface area contributed by atoms with Crippen LogP contribution >= 0.6 is 0 Å². The Balaban J connectivity index is 1.55. The quantitative estimate of drug-likeness (QED) is 0.725. The highest BCUT2D eigenvalue weighted by Gasteiger charge is 2.25. The first kappa shape index (κ1) is 20.9. The largest absolute Gasteiger partial charge is 0.490 e. The van der Waals surface area contributed by atoms with Crippen molar-refractivity contribution >= 4 is 0 Å². The van der Waals surface area contributed by atoms with E-state index in [-0.39, 0.29) is 0 Å². The maximum absolute atomic E-state index is 10.5. The van der Waals surface area contributed by atoms with Crippen molar-refractivity contribution in [2.24, 2.45) is 0 Å². The molecule has 3 rings (SSSR count). The van der Waals surface area contributed by atoms with Crippen molar-refractivity contribution in [2.45, 2.75) is 65.0 Å². The van der Waals surface area contributed by atoms with Crippen LogP contribution in [-0.2, 0) is 0 Å². The maximum atomic E-state index is 10.5. The lowest BCUT2D eigenvalue weighted by atomic mass is 9.94. The lowest BCUT2D eigenvalue weighted by Crippen LogP contribution is -3.16. The van der Waals surface area contributed by atoms with Crippen molar-refractivity contribution in [3.8, 4) is 16.9 Å². The van der Waals surface area contributed by atoms with E-state index in [4.69, 9.17) is 4.74 Å². The van der Waals surface area contributed by atoms with Crippen LogP contribution in [0.15, 0.2) is 42.5 Å². The number of aliphatic hydroxyl groups excluding tert-OH is 1. The number of aliphatic hydroxyl groups is 1. The van der Waals surface area contributed by atoms with Crippen molar-refractivity contribution in [1.82, 2.24) is 0 Å². The first-order valence-corrected chi connectivity index (χ1v) is 10.9. The molecule has 1 unspecified atom stereocenters. The smallest absolute Gasteiger partial charge is 0.137 e. The normalized spacial score (nSPS) is 17.3. The van der Waals surface area contributed by atoms with Crippen molar-refractivity contribution in [2.75, 3.05) is 19.7 Å². The zero-order valence-corrected chi connectivity index (χ0v) is 17.7. The Morgan fingerprint density at radius 3 is 2.32 bits per heavy atom. The van der Waals surface area contributed by atoms with Gasteiger partial charge in [-0.15, -0.1) is 0 Å². The highest BCUT2D eigenvalue weighted by molar-refractivity contribution is 5.65. The Bertz CT molecular complexity index is 735. The Morgan fingerprint density at radius 2 is 1.68 bits per heavy atom. The summed E-state index contributed by atoms with van der Waals surface area (Å²) in [5.74, 6) is 0.866. The zero-order chi connectivity index (χ0) is 19.9. The molecule has 2 aromatic rings. The molecule has 1 saturated carbocycles. The number of ether oxygens (including phenoxy) is 1. The van der Waals surface area contributed by atoms with E-state index in [9.17, 15) is 5.11 Å². The molecule has 0 aliphatic heterocycles. The molecule has 0 heterocycles. The van der Waals surface area contributed by atoms with Crippen LogP contribution in [0.4, 0.5) is 0 Å². The van der Waals surface area contributed by atoms with Crippen molar-refractivity contribution in [3.05, 3.63) is 53.6 Å². The van der Waals surface area contributed by atoms with Crippen LogP contribution in [0.5, 0.6) is 5.75 Å². The molecule has 0 bridgehead atoms. The fraction of sp³-hybridized carbons (Fsp3) is 0.520. The number of quaternary nitrogens is 1. The number of rotatable bonds is 8. The maximum Gasteiger partial charge on any atom is 0.137 e. The lowest BCUT2D eigenvalue weighted by molar-refractivity contribution is -0.928. The Morgan fingerprint density at radius 1 is 1.00 bits per heavy atom. The van der Waals surface area contributed by atoms with Gasteiger partial charge in [0.05, 0.1) is 12.6 Å². The SMILES string of the molecule is CC[NH+](C[C@H](O)COc1ccc(-c2ccc(C)cc2)cc1C)C1CCCCC1. The van der Waals surface area contributed by atoms with Gasteiger partial charge < -0.3 is 14.7 Å². The molecule has 3 heteroatoms. The van der Waals surface area contributed by atoms with Gasteiger partial charge in [-0.25, -0.2) is 0 Å². The van der Waals surface area contributed by atoms with Gasteiger partial charge in [-0.3, -0.25) is 0 Å². The third kappa shape index (κ3) is 5.59. The molecule has 152 valence electrons. The Labute approximate surface area is 170 Å². The average Bonchev–Trinajstić information content (AvgIpc) is 2.72. The van der Waals surface area contributed by atoms with Gasteiger partial charge in [-0.1, -0.05) is 42.3 Å². The third-order valence-corrected chi connectivity index (χ3v) is 6.13. The van der Waals surface area contributed by atoms with E-state index < -0.39 is 6.10 Å². The van der Waals surface area contributed by atoms with Crippen molar-refractivity contribution in [1.29, 1.82) is 0 Å². The second-order valence-corrected chi connectivity index (χ2v) is 8.36. The number of hydrogen-bond donors (Lipinski definition) is 2. The van der Waals surface area contributed by atoms with Crippen LogP contribution in [0.2, 0.25) is 0 Å². The minimum atomic E-state index is -0.423. The molecule has 1 aliphatic rings. The second kappa shape index (κ2) is 10.1. The van der Waals surface area contributed by atoms with Gasteiger partial charge in [0.15, 0.2) is 0 Å². The predicted octanol–water partition coefficient (Wildman–Crippen LogP) is 3.95. The molecule has 2 N–H and O–H groups in total. The first-order valence-electron chi connectivity index (χ1n) is 10.9. The van der Waals surface area contributed by atoms with Gasteiger partial charge >= 0.3 is 0 Å². The van der Waals surface area contributed by atoms with E-state index in [2.05, 4.69) is 57.2 Å². The zero-order valence-electron chi connectivity index (χ0n) is 17.7. The molecule has 3 nitrogen and oxygen atoms in total. The van der Waals surface area contributed by atoms with Crippen LogP contribution in [-0.4, -0.2) is 36.9 Å². The Hall–Kier alpha value is -1.84. The topological polar surface area (TPSA) is 33.9 Å². The highest BCUT2D eigenvalue weighted by Crippen LogP contribution is 2.26. The molecule has 1 fully saturated rings. The molecular weight excluding hydrogens is 346 g/mol. The molecule has 0 radical (unpaired) electrons. The summed E-state index contributed by atoms with van der Waals surface area (Å²) in [5.41, 5.74) is 4.79. The molecule has 1 aliphatic carbocycles. The van der Waals surface area contributed by atoms with Crippen LogP contribution < -0.4 is 9.64 Å². The molecule has 0 aromatic heterocycles. The third-order valence-electron chi connectivity index (χ3n) is 6.13. The number of nitrogens with one attached hydrogen (secondary N) is 1. The second-order valence-electron chi connectivity index (χ2n) is 8.36. The monoisotopic (exact) mass is 382 g/mol. The van der Waals surface area contributed by atoms with Gasteiger partial charge in [0, 0.05) is 0 Å². The first-order chi connectivity index (χ1) is 13.6. The molecule has 0 amide bonds. The van der Waals surface area contributed by atoms with Gasteiger partial charge in [-0.2, -0.15) is 0 Å². The predicted molar refractivity (Wildman–Crippen MR) is 116 cm³/mol. The summed E-state index contributed by atoms with van der Waals surface area (Å²) in [7, 11) is 0. The summed E-state index contributed by atoms with van der Waals surface area (Å²) < 4.78 is 5.98. The number of aryl methyl sites for hydroxylation is 2. The number of benzene rings is 2. The van der Waals surface area contributed by atoms with Crippen LogP contribution in [0.25, 0.3) is 11.1 Å². The molecule has 2 aromatic carbocycles. The molecule has 28 heavy (non-hydrogen) atoms. The summed E-state index contributed by atoms with van der Waals surface area (Å²) >= 11 is 0. The summed E-state index contributed by atoms with van der Waals surface area (Å²) in [5, 5.41) is 10.5. The Kier molecular flexibility index (Phi) is 7.52. The molecule has 0 saturated heterocycles. The van der Waals surface area contributed by atoms with Crippen molar-refractivity contribution in [3.63, 3.8) is 0 Å². The van der Waals surface area contributed by atoms with Gasteiger partial charge in [0.1, 0.15) is 25.0 Å². The minimum Gasteiger partial charge on any atom is -0.490 e. The van der Waals surface area contributed by atoms with E-state index in [1.165, 1.54) is 53.7 Å². The number of hydrogen-bond acceptors (Lipinski definition) is 2. The van der Waals surface area contributed by atoms with E-state index in [1.807, 2.05) is 6.07 Å². The van der Waals surface area contributed by atoms with Crippen LogP contribution in [0, 0.1) is 13.8 Å².